The van der Waals surface area contributed by atoms with E-state index in [1.54, 1.807) is 0 Å². The second kappa shape index (κ2) is 13.7. The second-order valence-corrected chi connectivity index (χ2v) is 17.2. The zero-order chi connectivity index (χ0) is 40.6. The lowest BCUT2D eigenvalue weighted by atomic mass is 9.80. The highest BCUT2D eigenvalue weighted by atomic mass is 15.0. The minimum atomic E-state index is -0.249. The van der Waals surface area contributed by atoms with Gasteiger partial charge in [-0.1, -0.05) is 204 Å². The molecule has 11 rings (SSSR count). The van der Waals surface area contributed by atoms with Crippen LogP contribution in [0.1, 0.15) is 49.9 Å². The van der Waals surface area contributed by atoms with E-state index in [0.717, 1.165) is 38.9 Å². The molecule has 0 amide bonds. The van der Waals surface area contributed by atoms with E-state index in [-0.39, 0.29) is 10.8 Å². The van der Waals surface area contributed by atoms with Gasteiger partial charge in [0.2, 0.25) is 0 Å². The first-order chi connectivity index (χ1) is 29.3. The molecule has 0 fully saturated rings. The molecule has 0 saturated carbocycles. The molecule has 0 spiro atoms. The number of hydrogen-bond acceptors (Lipinski definition) is 3. The Balaban J connectivity index is 1.08. The Morgan fingerprint density at radius 2 is 0.683 bits per heavy atom. The van der Waals surface area contributed by atoms with Crippen molar-refractivity contribution in [3.8, 4) is 89.8 Å². The number of hydrogen-bond donors (Lipinski definition) is 0. The van der Waals surface area contributed by atoms with E-state index in [1.807, 2.05) is 12.1 Å². The van der Waals surface area contributed by atoms with Crippen LogP contribution in [0.4, 0.5) is 0 Å². The van der Waals surface area contributed by atoms with Gasteiger partial charge in [0.15, 0.2) is 17.5 Å². The number of nitrogens with zero attached hydrogens (tertiary/aromatic N) is 3. The predicted molar refractivity (Wildman–Crippen MR) is 248 cm³/mol. The maximum atomic E-state index is 5.32. The third-order valence-electron chi connectivity index (χ3n) is 13.0. The van der Waals surface area contributed by atoms with Crippen molar-refractivity contribution < 1.29 is 0 Å². The Hall–Kier alpha value is -7.23. The van der Waals surface area contributed by atoms with Crippen LogP contribution in [0.25, 0.3) is 89.8 Å². The van der Waals surface area contributed by atoms with Crippen LogP contribution < -0.4 is 0 Å². The topological polar surface area (TPSA) is 38.7 Å². The molecule has 0 saturated heterocycles. The van der Waals surface area contributed by atoms with E-state index < -0.39 is 0 Å². The van der Waals surface area contributed by atoms with Gasteiger partial charge < -0.3 is 0 Å². The molecule has 1 heterocycles. The van der Waals surface area contributed by atoms with Crippen molar-refractivity contribution in [1.29, 1.82) is 0 Å². The van der Waals surface area contributed by atoms with Crippen molar-refractivity contribution in [2.24, 2.45) is 0 Å². The van der Waals surface area contributed by atoms with Crippen molar-refractivity contribution in [3.63, 3.8) is 0 Å². The van der Waals surface area contributed by atoms with E-state index in [4.69, 9.17) is 15.0 Å². The molecule has 0 bridgehead atoms. The monoisotopic (exact) mass is 769 g/mol. The summed E-state index contributed by atoms with van der Waals surface area (Å²) >= 11 is 0. The average molecular weight is 770 g/mol. The first kappa shape index (κ1) is 35.9. The Morgan fingerprint density at radius 1 is 0.267 bits per heavy atom. The molecule has 2 aliphatic rings. The fraction of sp³-hybridized carbons (Fsp3) is 0.105. The number of rotatable bonds is 6. The first-order valence-electron chi connectivity index (χ1n) is 20.9. The smallest absolute Gasteiger partial charge is 0.164 e. The van der Waals surface area contributed by atoms with Crippen LogP contribution in [0.3, 0.4) is 0 Å². The highest BCUT2D eigenvalue weighted by Crippen LogP contribution is 2.55. The number of benzene rings is 8. The van der Waals surface area contributed by atoms with Gasteiger partial charge in [-0.05, 0) is 90.0 Å². The number of fused-ring (bicyclic) bond motifs is 6. The molecule has 0 N–H and O–H groups in total. The summed E-state index contributed by atoms with van der Waals surface area (Å²) in [5.74, 6) is 1.93. The van der Waals surface area contributed by atoms with Crippen LogP contribution in [0.15, 0.2) is 188 Å². The van der Waals surface area contributed by atoms with Crippen LogP contribution in [-0.4, -0.2) is 15.0 Å². The van der Waals surface area contributed by atoms with E-state index in [2.05, 4.69) is 204 Å². The quantitative estimate of drug-likeness (QED) is 0.169. The molecular formula is C57H43N3. The zero-order valence-corrected chi connectivity index (χ0v) is 34.2. The third-order valence-corrected chi connectivity index (χ3v) is 13.0. The van der Waals surface area contributed by atoms with Gasteiger partial charge >= 0.3 is 0 Å². The third kappa shape index (κ3) is 5.61. The molecule has 0 unspecified atom stereocenters. The van der Waals surface area contributed by atoms with Crippen LogP contribution in [-0.2, 0) is 10.8 Å². The summed E-state index contributed by atoms with van der Waals surface area (Å²) in [7, 11) is 0. The summed E-state index contributed by atoms with van der Waals surface area (Å²) in [6, 6.07) is 67.5. The maximum absolute atomic E-state index is 5.32. The summed E-state index contributed by atoms with van der Waals surface area (Å²) < 4.78 is 0. The Morgan fingerprint density at radius 3 is 1.32 bits per heavy atom. The molecule has 9 aromatic rings. The van der Waals surface area contributed by atoms with Crippen LogP contribution in [0.2, 0.25) is 0 Å². The lowest BCUT2D eigenvalue weighted by Crippen LogP contribution is -2.15. The van der Waals surface area contributed by atoms with E-state index in [1.165, 1.54) is 55.6 Å². The summed E-state index contributed by atoms with van der Waals surface area (Å²) in [5.41, 5.74) is 20.1. The average Bonchev–Trinajstić information content (AvgIpc) is 3.68. The molecule has 60 heavy (non-hydrogen) atoms. The lowest BCUT2D eigenvalue weighted by Gasteiger charge is -2.23. The van der Waals surface area contributed by atoms with Crippen LogP contribution >= 0.6 is 0 Å². The molecule has 1 aromatic heterocycles. The van der Waals surface area contributed by atoms with Crippen molar-refractivity contribution in [2.45, 2.75) is 38.5 Å². The van der Waals surface area contributed by atoms with Gasteiger partial charge in [0, 0.05) is 27.5 Å². The van der Waals surface area contributed by atoms with Crippen molar-refractivity contribution in [1.82, 2.24) is 15.0 Å². The summed E-state index contributed by atoms with van der Waals surface area (Å²) in [6.07, 6.45) is 0. The van der Waals surface area contributed by atoms with Gasteiger partial charge in [-0.25, -0.2) is 15.0 Å². The molecule has 0 atom stereocenters. The van der Waals surface area contributed by atoms with Crippen molar-refractivity contribution in [3.05, 3.63) is 210 Å². The SMILES string of the molecule is CC1(C)c2ccccc2-c2ccc(-c3cccc4c3-c3ccc(-c5nc(-c6ccccc6-c6ccccc6)nc(-c6ccccc6-c6ccccc6)n5)cc3C4(C)C)cc21. The van der Waals surface area contributed by atoms with Crippen LogP contribution in [0.5, 0.6) is 0 Å². The number of aromatic nitrogens is 3. The van der Waals surface area contributed by atoms with Gasteiger partial charge in [-0.3, -0.25) is 0 Å². The molecule has 0 radical (unpaired) electrons. The molecule has 8 aromatic carbocycles. The van der Waals surface area contributed by atoms with Gasteiger partial charge in [-0.15, -0.1) is 0 Å². The largest absolute Gasteiger partial charge is 0.208 e. The Bertz CT molecular complexity index is 3040. The lowest BCUT2D eigenvalue weighted by molar-refractivity contribution is 0.660. The minimum Gasteiger partial charge on any atom is -0.208 e. The summed E-state index contributed by atoms with van der Waals surface area (Å²) in [5, 5.41) is 0. The van der Waals surface area contributed by atoms with E-state index in [0.29, 0.717) is 17.5 Å². The van der Waals surface area contributed by atoms with Crippen molar-refractivity contribution in [2.75, 3.05) is 0 Å². The van der Waals surface area contributed by atoms with Crippen molar-refractivity contribution >= 4 is 0 Å². The highest BCUT2D eigenvalue weighted by molar-refractivity contribution is 5.95. The normalized spacial score (nSPS) is 13.9. The molecular weight excluding hydrogens is 727 g/mol. The Labute approximate surface area is 352 Å². The zero-order valence-electron chi connectivity index (χ0n) is 34.2. The fourth-order valence-corrected chi connectivity index (χ4v) is 9.88. The minimum absolute atomic E-state index is 0.0720. The predicted octanol–water partition coefficient (Wildman–Crippen LogP) is 14.5. The van der Waals surface area contributed by atoms with E-state index >= 15 is 0 Å². The second-order valence-electron chi connectivity index (χ2n) is 17.2. The molecule has 3 nitrogen and oxygen atoms in total. The molecule has 3 heteroatoms. The summed E-state index contributed by atoms with van der Waals surface area (Å²) in [6.45, 7) is 9.42. The standard InChI is InChI=1S/C57H43N3/c1-56(2)48-28-16-15-24-43(48)44-32-30-38(34-50(44)56)42-27-17-29-49-52(42)47-33-31-39(35-51(47)57(49,3)4)53-58-54(45-25-13-11-22-40(45)36-18-7-5-8-19-36)60-55(59-53)46-26-14-12-23-41(46)37-20-9-6-10-21-37/h5-35H,1-4H3. The molecule has 0 aliphatic heterocycles. The van der Waals surface area contributed by atoms with E-state index in [9.17, 15) is 0 Å². The van der Waals surface area contributed by atoms with Crippen LogP contribution in [0, 0.1) is 0 Å². The van der Waals surface area contributed by atoms with Gasteiger partial charge in [0.25, 0.3) is 0 Å². The van der Waals surface area contributed by atoms with Gasteiger partial charge in [-0.2, -0.15) is 0 Å². The first-order valence-corrected chi connectivity index (χ1v) is 20.9. The maximum Gasteiger partial charge on any atom is 0.164 e. The molecule has 286 valence electrons. The molecule has 2 aliphatic carbocycles. The summed E-state index contributed by atoms with van der Waals surface area (Å²) in [4.78, 5) is 15.9. The Kier molecular flexibility index (Phi) is 8.18. The van der Waals surface area contributed by atoms with Gasteiger partial charge in [0.1, 0.15) is 0 Å². The fourth-order valence-electron chi connectivity index (χ4n) is 9.88. The van der Waals surface area contributed by atoms with Gasteiger partial charge in [0.05, 0.1) is 0 Å². The highest BCUT2D eigenvalue weighted by Gasteiger charge is 2.39.